The third kappa shape index (κ3) is 5.00. The van der Waals surface area contributed by atoms with E-state index in [2.05, 4.69) is 15.7 Å². The van der Waals surface area contributed by atoms with Crippen LogP contribution in [0.2, 0.25) is 0 Å². The van der Waals surface area contributed by atoms with Crippen molar-refractivity contribution < 1.29 is 28.6 Å². The molecule has 0 atom stereocenters. The molecule has 38 heavy (non-hydrogen) atoms. The number of benzene rings is 2. The predicted octanol–water partition coefficient (Wildman–Crippen LogP) is 0.883. The molecule has 4 aromatic rings. The van der Waals surface area contributed by atoms with Gasteiger partial charge in [-0.1, -0.05) is 12.1 Å². The van der Waals surface area contributed by atoms with Gasteiger partial charge in [-0.3, -0.25) is 23.7 Å². The van der Waals surface area contributed by atoms with Crippen molar-refractivity contribution in [3.63, 3.8) is 0 Å². The average Bonchev–Trinajstić information content (AvgIpc) is 3.46. The molecule has 3 heterocycles. The lowest BCUT2D eigenvalue weighted by atomic mass is 9.99. The summed E-state index contributed by atoms with van der Waals surface area (Å²) >= 11 is 0. The minimum atomic E-state index is -1.18. The van der Waals surface area contributed by atoms with Crippen LogP contribution in [0.4, 0.5) is 10.2 Å². The lowest BCUT2D eigenvalue weighted by Crippen LogP contribution is -2.40. The van der Waals surface area contributed by atoms with E-state index in [0.717, 1.165) is 5.52 Å². The molecule has 5 rings (SSSR count). The lowest BCUT2D eigenvalue weighted by Gasteiger charge is -2.27. The molecule has 2 aromatic carbocycles. The van der Waals surface area contributed by atoms with Crippen LogP contribution in [0.3, 0.4) is 0 Å². The van der Waals surface area contributed by atoms with Gasteiger partial charge in [0.1, 0.15) is 18.9 Å². The highest BCUT2D eigenvalue weighted by molar-refractivity contribution is 6.04. The zero-order chi connectivity index (χ0) is 26.8. The second-order valence-corrected chi connectivity index (χ2v) is 8.89. The predicted molar refractivity (Wildman–Crippen MR) is 136 cm³/mol. The minimum absolute atomic E-state index is 0.195. The summed E-state index contributed by atoms with van der Waals surface area (Å²) in [6.45, 7) is 1.09. The van der Waals surface area contributed by atoms with Gasteiger partial charge in [-0.2, -0.15) is 10.2 Å². The monoisotopic (exact) mass is 523 g/mol. The Hall–Kier alpha value is -4.52. The van der Waals surface area contributed by atoms with Crippen LogP contribution in [0.5, 0.6) is 0 Å². The normalized spacial score (nSPS) is 13.7. The molecule has 2 amide bonds. The van der Waals surface area contributed by atoms with E-state index in [9.17, 15) is 14.4 Å². The molecular weight excluding hydrogens is 497 g/mol. The molecule has 0 radical (unpaired) electrons. The maximum absolute atomic E-state index is 15.4. The SMILES string of the molecule is Cn1ncc2cc(F)c(-c3cccc4c3c(N3CCOCC3)nn4CC(=O)NCC(=O)NCC(=O)O)cc21. The van der Waals surface area contributed by atoms with Gasteiger partial charge in [0.05, 0.1) is 42.4 Å². The second-order valence-electron chi connectivity index (χ2n) is 8.89. The number of carboxylic acid groups (broad SMARTS) is 1. The summed E-state index contributed by atoms with van der Waals surface area (Å²) in [7, 11) is 1.79. The van der Waals surface area contributed by atoms with Crippen LogP contribution in [0.25, 0.3) is 32.9 Å². The van der Waals surface area contributed by atoms with E-state index >= 15 is 4.39 Å². The molecule has 2 aromatic heterocycles. The number of aromatic nitrogens is 4. The summed E-state index contributed by atoms with van der Waals surface area (Å²) in [5.74, 6) is -2.08. The van der Waals surface area contributed by atoms with Gasteiger partial charge in [-0.15, -0.1) is 0 Å². The number of rotatable bonds is 8. The Morgan fingerprint density at radius 2 is 1.82 bits per heavy atom. The van der Waals surface area contributed by atoms with Crippen molar-refractivity contribution in [2.75, 3.05) is 44.3 Å². The van der Waals surface area contributed by atoms with E-state index in [1.807, 2.05) is 17.0 Å². The van der Waals surface area contributed by atoms with Crippen LogP contribution < -0.4 is 15.5 Å². The van der Waals surface area contributed by atoms with Crippen molar-refractivity contribution in [2.24, 2.45) is 7.05 Å². The Morgan fingerprint density at radius 3 is 2.58 bits per heavy atom. The first kappa shape index (κ1) is 25.1. The number of aliphatic carboxylic acids is 1. The number of carbonyl (C=O) groups is 3. The summed E-state index contributed by atoms with van der Waals surface area (Å²) in [6, 6.07) is 8.63. The number of hydrogen-bond donors (Lipinski definition) is 3. The molecule has 1 aliphatic heterocycles. The van der Waals surface area contributed by atoms with Gasteiger partial charge in [0, 0.05) is 31.1 Å². The first-order valence-electron chi connectivity index (χ1n) is 12.0. The quantitative estimate of drug-likeness (QED) is 0.309. The largest absolute Gasteiger partial charge is 0.480 e. The Bertz CT molecular complexity index is 1540. The van der Waals surface area contributed by atoms with Crippen LogP contribution in [0.1, 0.15) is 0 Å². The smallest absolute Gasteiger partial charge is 0.322 e. The van der Waals surface area contributed by atoms with Gasteiger partial charge < -0.3 is 25.4 Å². The van der Waals surface area contributed by atoms with Gasteiger partial charge in [0.2, 0.25) is 11.8 Å². The zero-order valence-electron chi connectivity index (χ0n) is 20.6. The number of fused-ring (bicyclic) bond motifs is 2. The molecule has 0 bridgehead atoms. The van der Waals surface area contributed by atoms with Crippen molar-refractivity contribution in [1.29, 1.82) is 0 Å². The number of hydrogen-bond acceptors (Lipinski definition) is 7. The number of carboxylic acids is 1. The fourth-order valence-corrected chi connectivity index (χ4v) is 4.54. The molecule has 13 heteroatoms. The highest BCUT2D eigenvalue weighted by Gasteiger charge is 2.24. The Labute approximate surface area is 215 Å². The summed E-state index contributed by atoms with van der Waals surface area (Å²) in [4.78, 5) is 37.1. The van der Waals surface area contributed by atoms with Crippen molar-refractivity contribution in [1.82, 2.24) is 30.2 Å². The number of ether oxygens (including phenoxy) is 1. The van der Waals surface area contributed by atoms with Crippen LogP contribution in [-0.4, -0.2) is 81.8 Å². The third-order valence-electron chi connectivity index (χ3n) is 6.37. The summed E-state index contributed by atoms with van der Waals surface area (Å²) in [5.41, 5.74) is 2.42. The molecule has 0 unspecified atom stereocenters. The van der Waals surface area contributed by atoms with Crippen LogP contribution in [0.15, 0.2) is 36.5 Å². The Morgan fingerprint density at radius 1 is 1.05 bits per heavy atom. The number of anilines is 1. The number of carbonyl (C=O) groups excluding carboxylic acids is 2. The highest BCUT2D eigenvalue weighted by Crippen LogP contribution is 2.38. The fourth-order valence-electron chi connectivity index (χ4n) is 4.54. The molecular formula is C25H26FN7O5. The number of nitrogens with zero attached hydrogens (tertiary/aromatic N) is 5. The van der Waals surface area contributed by atoms with E-state index in [4.69, 9.17) is 14.9 Å². The zero-order valence-corrected chi connectivity index (χ0v) is 20.6. The number of halogens is 1. The number of aryl methyl sites for hydroxylation is 1. The first-order valence-corrected chi connectivity index (χ1v) is 12.0. The van der Waals surface area contributed by atoms with Crippen molar-refractivity contribution in [3.8, 4) is 11.1 Å². The molecule has 12 nitrogen and oxygen atoms in total. The molecule has 198 valence electrons. The van der Waals surface area contributed by atoms with Crippen molar-refractivity contribution in [2.45, 2.75) is 6.54 Å². The topological polar surface area (TPSA) is 144 Å². The van der Waals surface area contributed by atoms with Crippen LogP contribution in [0, 0.1) is 5.82 Å². The Kier molecular flexibility index (Phi) is 6.92. The Balaban J connectivity index is 1.52. The van der Waals surface area contributed by atoms with E-state index in [0.29, 0.717) is 59.5 Å². The summed E-state index contributed by atoms with van der Waals surface area (Å²) in [6.07, 6.45) is 1.61. The second kappa shape index (κ2) is 10.5. The lowest BCUT2D eigenvalue weighted by molar-refractivity contribution is -0.137. The number of morpholine rings is 1. The highest BCUT2D eigenvalue weighted by atomic mass is 19.1. The van der Waals surface area contributed by atoms with E-state index in [-0.39, 0.29) is 13.1 Å². The van der Waals surface area contributed by atoms with Gasteiger partial charge in [-0.05, 0) is 23.8 Å². The van der Waals surface area contributed by atoms with E-state index in [1.165, 1.54) is 10.7 Å². The maximum atomic E-state index is 15.4. The van der Waals surface area contributed by atoms with Crippen molar-refractivity contribution >= 4 is 45.4 Å². The molecule has 1 fully saturated rings. The van der Waals surface area contributed by atoms with Crippen LogP contribution in [-0.2, 0) is 32.7 Å². The van der Waals surface area contributed by atoms with E-state index in [1.54, 1.807) is 30.1 Å². The third-order valence-corrected chi connectivity index (χ3v) is 6.37. The van der Waals surface area contributed by atoms with E-state index < -0.39 is 30.1 Å². The molecule has 0 saturated carbocycles. The molecule has 0 spiro atoms. The molecule has 1 aliphatic rings. The van der Waals surface area contributed by atoms with Gasteiger partial charge in [0.15, 0.2) is 5.82 Å². The number of nitrogens with one attached hydrogen (secondary N) is 2. The average molecular weight is 524 g/mol. The van der Waals surface area contributed by atoms with Gasteiger partial charge in [-0.25, -0.2) is 4.39 Å². The molecule has 0 aliphatic carbocycles. The summed E-state index contributed by atoms with van der Waals surface area (Å²) < 4.78 is 24.1. The van der Waals surface area contributed by atoms with Gasteiger partial charge in [0.25, 0.3) is 0 Å². The molecule has 3 N–H and O–H groups in total. The van der Waals surface area contributed by atoms with Crippen LogP contribution >= 0.6 is 0 Å². The fraction of sp³-hybridized carbons (Fsp3) is 0.320. The number of amides is 2. The molecule has 1 saturated heterocycles. The maximum Gasteiger partial charge on any atom is 0.322 e. The standard InChI is InChI=1S/C25H26FN7O5/c1-31-20-10-17(18(26)9-15(20)11-29-31)16-3-2-4-19-24(16)25(32-5-7-38-8-6-32)30-33(19)14-22(35)27-12-21(34)28-13-23(36)37/h2-4,9-11H,5-8,12-14H2,1H3,(H,27,35)(H,28,34)(H,36,37). The minimum Gasteiger partial charge on any atom is -0.480 e. The first-order chi connectivity index (χ1) is 18.3. The van der Waals surface area contributed by atoms with Crippen molar-refractivity contribution in [3.05, 3.63) is 42.3 Å². The van der Waals surface area contributed by atoms with Gasteiger partial charge >= 0.3 is 5.97 Å². The summed E-state index contributed by atoms with van der Waals surface area (Å²) in [5, 5.41) is 23.7.